The van der Waals surface area contributed by atoms with Crippen molar-refractivity contribution < 1.29 is 13.2 Å². The minimum atomic E-state index is -3.29. The number of thiazole rings is 1. The number of rotatable bonds is 3. The molecular formula is C10H11N3O3S2. The summed E-state index contributed by atoms with van der Waals surface area (Å²) in [6.45, 7) is 1.41. The van der Waals surface area contributed by atoms with Gasteiger partial charge in [0.15, 0.2) is 5.13 Å². The van der Waals surface area contributed by atoms with Crippen LogP contribution in [0.2, 0.25) is 0 Å². The normalized spacial score (nSPS) is 11.4. The Kier molecular flexibility index (Phi) is 3.22. The van der Waals surface area contributed by atoms with Crippen LogP contribution >= 0.6 is 11.3 Å². The van der Waals surface area contributed by atoms with E-state index < -0.39 is 10.0 Å². The van der Waals surface area contributed by atoms with Gasteiger partial charge in [-0.1, -0.05) is 11.3 Å². The summed E-state index contributed by atoms with van der Waals surface area (Å²) in [6, 6.07) is 5.00. The first-order valence-electron chi connectivity index (χ1n) is 4.99. The number of hydrogen-bond acceptors (Lipinski definition) is 5. The van der Waals surface area contributed by atoms with Crippen molar-refractivity contribution in [2.75, 3.05) is 16.3 Å². The van der Waals surface area contributed by atoms with Crippen LogP contribution in [0.1, 0.15) is 6.92 Å². The lowest BCUT2D eigenvalue weighted by Crippen LogP contribution is -2.09. The zero-order chi connectivity index (χ0) is 13.3. The second-order valence-corrected chi connectivity index (χ2v) is 6.54. The van der Waals surface area contributed by atoms with Crippen LogP contribution in [-0.2, 0) is 14.8 Å². The van der Waals surface area contributed by atoms with E-state index in [9.17, 15) is 13.2 Å². The van der Waals surface area contributed by atoms with Gasteiger partial charge in [-0.25, -0.2) is 13.4 Å². The van der Waals surface area contributed by atoms with Crippen LogP contribution in [0.4, 0.5) is 10.8 Å². The van der Waals surface area contributed by atoms with Gasteiger partial charge in [0, 0.05) is 6.92 Å². The summed E-state index contributed by atoms with van der Waals surface area (Å²) in [5.74, 6) is -0.191. The molecule has 0 aliphatic rings. The van der Waals surface area contributed by atoms with E-state index in [1.165, 1.54) is 18.3 Å². The van der Waals surface area contributed by atoms with Crippen LogP contribution in [0, 0.1) is 0 Å². The molecule has 1 heterocycles. The second-order valence-electron chi connectivity index (χ2n) is 3.76. The number of sulfonamides is 1. The minimum Gasteiger partial charge on any atom is -0.302 e. The maximum Gasteiger partial charge on any atom is 0.229 e. The zero-order valence-corrected chi connectivity index (χ0v) is 11.4. The first-order chi connectivity index (χ1) is 8.33. The van der Waals surface area contributed by atoms with Gasteiger partial charge in [0.25, 0.3) is 0 Å². The Bertz CT molecular complexity index is 706. The van der Waals surface area contributed by atoms with Crippen molar-refractivity contribution in [1.29, 1.82) is 0 Å². The van der Waals surface area contributed by atoms with E-state index in [2.05, 4.69) is 15.0 Å². The molecule has 0 bridgehead atoms. The Hall–Kier alpha value is -1.67. The van der Waals surface area contributed by atoms with Gasteiger partial charge in [-0.05, 0) is 18.2 Å². The fourth-order valence-electron chi connectivity index (χ4n) is 1.41. The quantitative estimate of drug-likeness (QED) is 0.897. The molecule has 1 amide bonds. The molecular weight excluding hydrogens is 274 g/mol. The van der Waals surface area contributed by atoms with E-state index in [-0.39, 0.29) is 5.91 Å². The van der Waals surface area contributed by atoms with E-state index in [1.54, 1.807) is 18.2 Å². The highest BCUT2D eigenvalue weighted by Crippen LogP contribution is 2.28. The third-order valence-electron chi connectivity index (χ3n) is 1.97. The molecule has 2 rings (SSSR count). The van der Waals surface area contributed by atoms with Crippen LogP contribution in [0.25, 0.3) is 10.2 Å². The molecule has 96 valence electrons. The van der Waals surface area contributed by atoms with E-state index >= 15 is 0 Å². The Labute approximate surface area is 108 Å². The van der Waals surface area contributed by atoms with Crippen molar-refractivity contribution in [1.82, 2.24) is 4.98 Å². The predicted octanol–water partition coefficient (Wildman–Crippen LogP) is 1.63. The highest BCUT2D eigenvalue weighted by Gasteiger charge is 2.07. The molecule has 1 aromatic heterocycles. The van der Waals surface area contributed by atoms with Gasteiger partial charge in [-0.2, -0.15) is 0 Å². The Morgan fingerprint density at radius 1 is 1.39 bits per heavy atom. The lowest BCUT2D eigenvalue weighted by atomic mass is 10.3. The highest BCUT2D eigenvalue weighted by molar-refractivity contribution is 7.92. The smallest absolute Gasteiger partial charge is 0.229 e. The molecule has 2 N–H and O–H groups in total. The summed E-state index contributed by atoms with van der Waals surface area (Å²) in [5.41, 5.74) is 1.19. The summed E-state index contributed by atoms with van der Waals surface area (Å²) < 4.78 is 25.4. The summed E-state index contributed by atoms with van der Waals surface area (Å²) in [4.78, 5) is 15.1. The maximum absolute atomic E-state index is 11.1. The maximum atomic E-state index is 11.1. The van der Waals surface area contributed by atoms with Gasteiger partial charge in [-0.3, -0.25) is 9.52 Å². The van der Waals surface area contributed by atoms with Crippen LogP contribution in [0.15, 0.2) is 18.2 Å². The fraction of sp³-hybridized carbons (Fsp3) is 0.200. The number of nitrogens with zero attached hydrogens (tertiary/aromatic N) is 1. The van der Waals surface area contributed by atoms with E-state index in [1.807, 2.05) is 0 Å². The lowest BCUT2D eigenvalue weighted by molar-refractivity contribution is -0.114. The number of benzene rings is 1. The van der Waals surface area contributed by atoms with Crippen molar-refractivity contribution >= 4 is 48.3 Å². The standard InChI is InChI=1S/C10H11N3O3S2/c1-6(14)11-10-12-8-4-3-7(5-9(8)17-10)13-18(2,15)16/h3-5,13H,1-2H3,(H,11,12,14). The van der Waals surface area contributed by atoms with Crippen LogP contribution in [0.3, 0.4) is 0 Å². The number of anilines is 2. The molecule has 0 radical (unpaired) electrons. The third kappa shape index (κ3) is 3.17. The summed E-state index contributed by atoms with van der Waals surface area (Å²) >= 11 is 1.29. The SMILES string of the molecule is CC(=O)Nc1nc2ccc(NS(C)(=O)=O)cc2s1. The average Bonchev–Trinajstić information content (AvgIpc) is 2.55. The number of hydrogen-bond donors (Lipinski definition) is 2. The summed E-state index contributed by atoms with van der Waals surface area (Å²) in [7, 11) is -3.29. The minimum absolute atomic E-state index is 0.191. The molecule has 0 saturated heterocycles. The van der Waals surface area contributed by atoms with Crippen molar-refractivity contribution in [3.05, 3.63) is 18.2 Å². The zero-order valence-electron chi connectivity index (χ0n) is 9.72. The lowest BCUT2D eigenvalue weighted by Gasteiger charge is -2.02. The molecule has 0 fully saturated rings. The van der Waals surface area contributed by atoms with Gasteiger partial charge in [0.2, 0.25) is 15.9 Å². The van der Waals surface area contributed by atoms with Crippen LogP contribution in [-0.4, -0.2) is 25.6 Å². The monoisotopic (exact) mass is 285 g/mol. The topological polar surface area (TPSA) is 88.2 Å². The Morgan fingerprint density at radius 3 is 2.72 bits per heavy atom. The molecule has 0 atom stereocenters. The molecule has 0 aliphatic heterocycles. The first kappa shape index (κ1) is 12.8. The van der Waals surface area contributed by atoms with Crippen LogP contribution < -0.4 is 10.0 Å². The Morgan fingerprint density at radius 2 is 2.11 bits per heavy atom. The molecule has 6 nitrogen and oxygen atoms in total. The van der Waals surface area contributed by atoms with Crippen molar-refractivity contribution in [3.63, 3.8) is 0 Å². The first-order valence-corrected chi connectivity index (χ1v) is 7.70. The molecule has 18 heavy (non-hydrogen) atoms. The molecule has 0 saturated carbocycles. The van der Waals surface area contributed by atoms with Crippen molar-refractivity contribution in [2.45, 2.75) is 6.92 Å². The molecule has 2 aromatic rings. The van der Waals surface area contributed by atoms with Gasteiger partial charge in [0.05, 0.1) is 22.2 Å². The molecule has 8 heteroatoms. The molecule has 0 aliphatic carbocycles. The number of carbonyl (C=O) groups excluding carboxylic acids is 1. The molecule has 0 spiro atoms. The van der Waals surface area contributed by atoms with Gasteiger partial charge < -0.3 is 5.32 Å². The van der Waals surface area contributed by atoms with Gasteiger partial charge in [0.1, 0.15) is 0 Å². The van der Waals surface area contributed by atoms with E-state index in [0.29, 0.717) is 16.3 Å². The average molecular weight is 285 g/mol. The predicted molar refractivity (Wildman–Crippen MR) is 72.4 cm³/mol. The second kappa shape index (κ2) is 4.54. The number of amides is 1. The summed E-state index contributed by atoms with van der Waals surface area (Å²) in [6.07, 6.45) is 1.09. The Balaban J connectivity index is 2.36. The number of carbonyl (C=O) groups is 1. The molecule has 1 aromatic carbocycles. The fourth-order valence-corrected chi connectivity index (χ4v) is 2.91. The van der Waals surface area contributed by atoms with E-state index in [4.69, 9.17) is 0 Å². The van der Waals surface area contributed by atoms with Crippen molar-refractivity contribution in [3.8, 4) is 0 Å². The summed E-state index contributed by atoms with van der Waals surface area (Å²) in [5, 5.41) is 3.09. The number of aromatic nitrogens is 1. The van der Waals surface area contributed by atoms with Gasteiger partial charge in [-0.15, -0.1) is 0 Å². The van der Waals surface area contributed by atoms with Gasteiger partial charge >= 0.3 is 0 Å². The molecule has 0 unspecified atom stereocenters. The third-order valence-corrected chi connectivity index (χ3v) is 3.51. The van der Waals surface area contributed by atoms with Crippen molar-refractivity contribution in [2.24, 2.45) is 0 Å². The highest BCUT2D eigenvalue weighted by atomic mass is 32.2. The largest absolute Gasteiger partial charge is 0.302 e. The number of nitrogens with one attached hydrogen (secondary N) is 2. The number of fused-ring (bicyclic) bond motifs is 1. The van der Waals surface area contributed by atoms with E-state index in [0.717, 1.165) is 11.0 Å². The van der Waals surface area contributed by atoms with Crippen LogP contribution in [0.5, 0.6) is 0 Å².